The number of rotatable bonds is 5. The van der Waals surface area contributed by atoms with E-state index >= 15 is 0 Å². The summed E-state index contributed by atoms with van der Waals surface area (Å²) in [7, 11) is 0. The Labute approximate surface area is 95.0 Å². The van der Waals surface area contributed by atoms with Crippen molar-refractivity contribution in [2.24, 2.45) is 5.73 Å². The van der Waals surface area contributed by atoms with Crippen LogP contribution in [-0.4, -0.2) is 23.2 Å². The fourth-order valence-corrected chi connectivity index (χ4v) is 1.25. The van der Waals surface area contributed by atoms with Crippen molar-refractivity contribution < 1.29 is 14.6 Å². The van der Waals surface area contributed by atoms with E-state index in [4.69, 9.17) is 15.6 Å². The first kappa shape index (κ1) is 12.5. The summed E-state index contributed by atoms with van der Waals surface area (Å²) in [6.45, 7) is 4.10. The van der Waals surface area contributed by atoms with Gasteiger partial charge in [0.05, 0.1) is 6.42 Å². The molecule has 0 unspecified atom stereocenters. The van der Waals surface area contributed by atoms with Crippen LogP contribution in [0.15, 0.2) is 24.3 Å². The number of hydrogen-bond acceptors (Lipinski definition) is 3. The fraction of sp³-hybridized carbons (Fsp3) is 0.417. The monoisotopic (exact) mass is 223 g/mol. The highest BCUT2D eigenvalue weighted by molar-refractivity contribution is 5.71. The van der Waals surface area contributed by atoms with Gasteiger partial charge in [0.1, 0.15) is 11.4 Å². The van der Waals surface area contributed by atoms with E-state index in [1.165, 1.54) is 0 Å². The van der Waals surface area contributed by atoms with Gasteiger partial charge in [0.25, 0.3) is 0 Å². The Hall–Kier alpha value is -1.55. The highest BCUT2D eigenvalue weighted by Gasteiger charge is 2.19. The molecule has 4 heteroatoms. The molecule has 0 amide bonds. The molecule has 0 radical (unpaired) electrons. The van der Waals surface area contributed by atoms with Crippen molar-refractivity contribution in [3.05, 3.63) is 29.8 Å². The van der Waals surface area contributed by atoms with E-state index in [9.17, 15) is 4.79 Å². The van der Waals surface area contributed by atoms with Crippen molar-refractivity contribution >= 4 is 5.97 Å². The van der Waals surface area contributed by atoms with Gasteiger partial charge in [-0.05, 0) is 19.9 Å². The number of hydrogen-bond donors (Lipinski definition) is 2. The topological polar surface area (TPSA) is 72.5 Å². The molecule has 0 aliphatic carbocycles. The molecule has 0 spiro atoms. The average Bonchev–Trinajstić information content (AvgIpc) is 2.20. The Bertz CT molecular complexity index is 374. The Morgan fingerprint density at radius 1 is 1.44 bits per heavy atom. The van der Waals surface area contributed by atoms with Crippen LogP contribution in [0.1, 0.15) is 19.4 Å². The number of carboxylic acids is 1. The van der Waals surface area contributed by atoms with Crippen LogP contribution in [-0.2, 0) is 11.2 Å². The van der Waals surface area contributed by atoms with E-state index in [0.717, 1.165) is 0 Å². The largest absolute Gasteiger partial charge is 0.486 e. The molecular weight excluding hydrogens is 206 g/mol. The summed E-state index contributed by atoms with van der Waals surface area (Å²) >= 11 is 0. The van der Waals surface area contributed by atoms with Crippen LogP contribution < -0.4 is 10.5 Å². The third kappa shape index (κ3) is 3.55. The molecule has 0 saturated carbocycles. The van der Waals surface area contributed by atoms with Gasteiger partial charge >= 0.3 is 5.97 Å². The lowest BCUT2D eigenvalue weighted by Gasteiger charge is -2.25. The lowest BCUT2D eigenvalue weighted by atomic mass is 10.1. The van der Waals surface area contributed by atoms with E-state index in [2.05, 4.69) is 0 Å². The first-order chi connectivity index (χ1) is 7.44. The third-order valence-corrected chi connectivity index (χ3v) is 2.19. The second kappa shape index (κ2) is 4.99. The molecular formula is C12H17NO3. The molecule has 0 saturated heterocycles. The quantitative estimate of drug-likeness (QED) is 0.792. The maximum Gasteiger partial charge on any atom is 0.307 e. The molecule has 0 aliphatic rings. The number of nitrogens with two attached hydrogens (primary N) is 1. The molecule has 1 rings (SSSR count). The zero-order chi connectivity index (χ0) is 12.2. The van der Waals surface area contributed by atoms with Crippen LogP contribution in [0.3, 0.4) is 0 Å². The number of carbonyl (C=O) groups is 1. The van der Waals surface area contributed by atoms with Crippen molar-refractivity contribution in [3.63, 3.8) is 0 Å². The first-order valence-corrected chi connectivity index (χ1v) is 5.13. The fourth-order valence-electron chi connectivity index (χ4n) is 1.25. The van der Waals surface area contributed by atoms with Gasteiger partial charge in [-0.25, -0.2) is 0 Å². The van der Waals surface area contributed by atoms with Gasteiger partial charge in [-0.1, -0.05) is 18.2 Å². The maximum atomic E-state index is 10.7. The van der Waals surface area contributed by atoms with Gasteiger partial charge in [0.15, 0.2) is 0 Å². The van der Waals surface area contributed by atoms with E-state index in [1.807, 2.05) is 19.9 Å². The van der Waals surface area contributed by atoms with Crippen LogP contribution in [0.25, 0.3) is 0 Å². The predicted molar refractivity (Wildman–Crippen MR) is 61.5 cm³/mol. The van der Waals surface area contributed by atoms with E-state index in [1.54, 1.807) is 18.2 Å². The summed E-state index contributed by atoms with van der Waals surface area (Å²) < 4.78 is 5.69. The molecule has 0 atom stereocenters. The number of aliphatic carboxylic acids is 1. The molecule has 0 aromatic heterocycles. The number of carboxylic acid groups (broad SMARTS) is 1. The summed E-state index contributed by atoms with van der Waals surface area (Å²) in [4.78, 5) is 10.7. The van der Waals surface area contributed by atoms with Gasteiger partial charge in [-0.3, -0.25) is 4.79 Å². The summed E-state index contributed by atoms with van der Waals surface area (Å²) in [5.74, 6) is -0.290. The molecule has 0 fully saturated rings. The van der Waals surface area contributed by atoms with Gasteiger partial charge in [-0.2, -0.15) is 0 Å². The minimum atomic E-state index is -0.874. The maximum absolute atomic E-state index is 10.7. The summed E-state index contributed by atoms with van der Waals surface area (Å²) in [6.07, 6.45) is -0.0448. The highest BCUT2D eigenvalue weighted by Crippen LogP contribution is 2.23. The predicted octanol–water partition coefficient (Wildman–Crippen LogP) is 1.43. The number of para-hydroxylation sites is 1. The smallest absolute Gasteiger partial charge is 0.307 e. The Kier molecular flexibility index (Phi) is 3.90. The molecule has 1 aromatic rings. The van der Waals surface area contributed by atoms with Crippen molar-refractivity contribution in [2.75, 3.05) is 6.54 Å². The van der Waals surface area contributed by atoms with Gasteiger partial charge in [-0.15, -0.1) is 0 Å². The van der Waals surface area contributed by atoms with Crippen LogP contribution in [0.2, 0.25) is 0 Å². The Morgan fingerprint density at radius 2 is 2.06 bits per heavy atom. The normalized spacial score (nSPS) is 11.2. The lowest BCUT2D eigenvalue weighted by molar-refractivity contribution is -0.136. The SMILES string of the molecule is CC(C)(CN)Oc1ccccc1CC(=O)O. The third-order valence-electron chi connectivity index (χ3n) is 2.19. The molecule has 4 nitrogen and oxygen atoms in total. The standard InChI is InChI=1S/C12H17NO3/c1-12(2,8-13)16-10-6-4-3-5-9(10)7-11(14)15/h3-6H,7-8,13H2,1-2H3,(H,14,15). The molecule has 1 aromatic carbocycles. The van der Waals surface area contributed by atoms with Gasteiger partial charge in [0.2, 0.25) is 0 Å². The Balaban J connectivity index is 2.90. The van der Waals surface area contributed by atoms with Crippen LogP contribution in [0.4, 0.5) is 0 Å². The summed E-state index contributed by atoms with van der Waals surface area (Å²) in [5.41, 5.74) is 5.74. The molecule has 0 aliphatic heterocycles. The van der Waals surface area contributed by atoms with Gasteiger partial charge < -0.3 is 15.6 Å². The number of benzene rings is 1. The van der Waals surface area contributed by atoms with E-state index in [-0.39, 0.29) is 6.42 Å². The Morgan fingerprint density at radius 3 is 2.62 bits per heavy atom. The lowest BCUT2D eigenvalue weighted by Crippen LogP contribution is -2.37. The van der Waals surface area contributed by atoms with Crippen molar-refractivity contribution in [3.8, 4) is 5.75 Å². The molecule has 3 N–H and O–H groups in total. The molecule has 16 heavy (non-hydrogen) atoms. The summed E-state index contributed by atoms with van der Waals surface area (Å²) in [6, 6.07) is 7.11. The minimum absolute atomic E-state index is 0.0448. The average molecular weight is 223 g/mol. The number of ether oxygens (including phenoxy) is 1. The minimum Gasteiger partial charge on any atom is -0.486 e. The van der Waals surface area contributed by atoms with E-state index in [0.29, 0.717) is 17.9 Å². The zero-order valence-electron chi connectivity index (χ0n) is 9.56. The van der Waals surface area contributed by atoms with Crippen LogP contribution >= 0.6 is 0 Å². The highest BCUT2D eigenvalue weighted by atomic mass is 16.5. The van der Waals surface area contributed by atoms with Crippen molar-refractivity contribution in [1.82, 2.24) is 0 Å². The molecule has 88 valence electrons. The van der Waals surface area contributed by atoms with Crippen molar-refractivity contribution in [2.45, 2.75) is 25.9 Å². The van der Waals surface area contributed by atoms with Crippen molar-refractivity contribution in [1.29, 1.82) is 0 Å². The molecule has 0 heterocycles. The zero-order valence-corrected chi connectivity index (χ0v) is 9.56. The second-order valence-corrected chi connectivity index (χ2v) is 4.24. The second-order valence-electron chi connectivity index (χ2n) is 4.24. The first-order valence-electron chi connectivity index (χ1n) is 5.13. The van der Waals surface area contributed by atoms with Crippen LogP contribution in [0, 0.1) is 0 Å². The van der Waals surface area contributed by atoms with E-state index < -0.39 is 11.6 Å². The molecule has 0 bridgehead atoms. The summed E-state index contributed by atoms with van der Waals surface area (Å²) in [5, 5.41) is 8.77. The van der Waals surface area contributed by atoms with Crippen LogP contribution in [0.5, 0.6) is 5.75 Å². The van der Waals surface area contributed by atoms with Gasteiger partial charge in [0, 0.05) is 12.1 Å².